The molecule has 2 heterocycles. The van der Waals surface area contributed by atoms with Gasteiger partial charge in [0.05, 0.1) is 29.5 Å². The molecule has 154 valence electrons. The molecule has 3 aromatic rings. The van der Waals surface area contributed by atoms with E-state index in [0.717, 1.165) is 24.0 Å². The number of imidazole rings is 1. The number of methoxy groups -OCH3 is 1. The monoisotopic (exact) mass is 398 g/mol. The second kappa shape index (κ2) is 9.38. The zero-order valence-corrected chi connectivity index (χ0v) is 16.9. The van der Waals surface area contributed by atoms with Gasteiger partial charge >= 0.3 is 5.97 Å². The molecule has 0 aliphatic rings. The van der Waals surface area contributed by atoms with E-state index in [1.165, 1.54) is 0 Å². The summed E-state index contributed by atoms with van der Waals surface area (Å²) in [5.74, 6) is -0.698. The summed E-state index contributed by atoms with van der Waals surface area (Å²) in [6.45, 7) is 5.25. The van der Waals surface area contributed by atoms with E-state index in [1.807, 2.05) is 30.6 Å². The molecule has 0 saturated carbocycles. The lowest BCUT2D eigenvalue weighted by Gasteiger charge is -2.07. The molecule has 2 N–H and O–H groups in total. The van der Waals surface area contributed by atoms with Crippen molar-refractivity contribution in [2.24, 2.45) is 0 Å². The average Bonchev–Trinajstić information content (AvgIpc) is 3.25. The number of hydrogen-bond acceptors (Lipinski definition) is 5. The van der Waals surface area contributed by atoms with Gasteiger partial charge < -0.3 is 24.3 Å². The van der Waals surface area contributed by atoms with Gasteiger partial charge in [0.1, 0.15) is 12.3 Å². The van der Waals surface area contributed by atoms with E-state index in [-0.39, 0.29) is 12.5 Å². The van der Waals surface area contributed by atoms with E-state index < -0.39 is 5.97 Å². The molecule has 0 spiro atoms. The molecular weight excluding hydrogens is 372 g/mol. The molecule has 0 aliphatic carbocycles. The molecule has 0 aliphatic heterocycles. The Balaban J connectivity index is 1.55. The fourth-order valence-electron chi connectivity index (χ4n) is 3.30. The summed E-state index contributed by atoms with van der Waals surface area (Å²) in [7, 11) is 1.54. The summed E-state index contributed by atoms with van der Waals surface area (Å²) in [6.07, 6.45) is 2.57. The molecule has 1 amide bonds. The van der Waals surface area contributed by atoms with Gasteiger partial charge in [0.2, 0.25) is 0 Å². The van der Waals surface area contributed by atoms with Crippen molar-refractivity contribution >= 4 is 22.9 Å². The van der Waals surface area contributed by atoms with Gasteiger partial charge in [0, 0.05) is 25.9 Å². The van der Waals surface area contributed by atoms with Crippen molar-refractivity contribution in [1.29, 1.82) is 0 Å². The third kappa shape index (κ3) is 4.65. The molecule has 2 aromatic heterocycles. The van der Waals surface area contributed by atoms with Crippen molar-refractivity contribution in [3.8, 4) is 0 Å². The fourth-order valence-corrected chi connectivity index (χ4v) is 3.30. The Morgan fingerprint density at radius 1 is 1.21 bits per heavy atom. The van der Waals surface area contributed by atoms with Crippen molar-refractivity contribution in [1.82, 2.24) is 19.9 Å². The third-order valence-electron chi connectivity index (χ3n) is 4.78. The molecule has 0 atom stereocenters. The van der Waals surface area contributed by atoms with Gasteiger partial charge in [-0.1, -0.05) is 12.1 Å². The summed E-state index contributed by atoms with van der Waals surface area (Å²) in [4.78, 5) is 32.2. The number of aromatic amines is 1. The van der Waals surface area contributed by atoms with Crippen LogP contribution in [0.4, 0.5) is 0 Å². The van der Waals surface area contributed by atoms with Crippen molar-refractivity contribution in [3.05, 3.63) is 53.1 Å². The Morgan fingerprint density at radius 3 is 2.79 bits per heavy atom. The highest BCUT2D eigenvalue weighted by molar-refractivity contribution is 6.00. The number of ether oxygens (including phenoxy) is 2. The number of aryl methyl sites for hydroxylation is 2. The number of H-pyrrole nitrogens is 1. The quantitative estimate of drug-likeness (QED) is 0.426. The van der Waals surface area contributed by atoms with E-state index in [0.29, 0.717) is 35.7 Å². The highest BCUT2D eigenvalue weighted by Gasteiger charge is 2.22. The molecule has 8 nitrogen and oxygen atoms in total. The van der Waals surface area contributed by atoms with Crippen LogP contribution in [0.15, 0.2) is 30.6 Å². The third-order valence-corrected chi connectivity index (χ3v) is 4.78. The Bertz CT molecular complexity index is 1010. The highest BCUT2D eigenvalue weighted by Crippen LogP contribution is 2.19. The van der Waals surface area contributed by atoms with Crippen molar-refractivity contribution in [3.63, 3.8) is 0 Å². The van der Waals surface area contributed by atoms with E-state index in [2.05, 4.69) is 19.9 Å². The molecular formula is C21H26N4O4. The number of aromatic nitrogens is 3. The molecule has 0 saturated heterocycles. The van der Waals surface area contributed by atoms with Crippen LogP contribution in [0.3, 0.4) is 0 Å². The van der Waals surface area contributed by atoms with Gasteiger partial charge in [-0.2, -0.15) is 0 Å². The zero-order valence-electron chi connectivity index (χ0n) is 16.9. The number of hydrogen-bond donors (Lipinski definition) is 2. The van der Waals surface area contributed by atoms with E-state index >= 15 is 0 Å². The highest BCUT2D eigenvalue weighted by atomic mass is 16.6. The molecule has 0 bridgehead atoms. The lowest BCUT2D eigenvalue weighted by atomic mass is 10.1. The summed E-state index contributed by atoms with van der Waals surface area (Å²) in [5, 5.41) is 2.91. The van der Waals surface area contributed by atoms with Gasteiger partial charge in [-0.15, -0.1) is 0 Å². The normalized spacial score (nSPS) is 11.0. The number of esters is 1. The minimum atomic E-state index is -0.459. The van der Waals surface area contributed by atoms with E-state index in [1.54, 1.807) is 21.0 Å². The second-order valence-electron chi connectivity index (χ2n) is 6.79. The lowest BCUT2D eigenvalue weighted by molar-refractivity contribution is 0.0387. The first kappa shape index (κ1) is 20.6. The van der Waals surface area contributed by atoms with Gasteiger partial charge in [-0.3, -0.25) is 4.79 Å². The number of nitrogens with one attached hydrogen (secondary N) is 2. The van der Waals surface area contributed by atoms with Gasteiger partial charge in [-0.25, -0.2) is 9.78 Å². The van der Waals surface area contributed by atoms with Gasteiger partial charge in [-0.05, 0) is 38.0 Å². The topological polar surface area (TPSA) is 98.2 Å². The molecule has 3 rings (SSSR count). The summed E-state index contributed by atoms with van der Waals surface area (Å²) < 4.78 is 12.1. The SMILES string of the molecule is COCCOC(=O)c1c(C)[nH]c(C(=O)NCCCn2cnc3ccccc32)c1C. The number of para-hydroxylation sites is 2. The predicted octanol–water partition coefficient (Wildman–Crippen LogP) is 2.60. The maximum atomic E-state index is 12.6. The fraction of sp³-hybridized carbons (Fsp3) is 0.381. The van der Waals surface area contributed by atoms with Crippen LogP contribution in [0.5, 0.6) is 0 Å². The maximum Gasteiger partial charge on any atom is 0.340 e. The number of benzene rings is 1. The molecule has 0 radical (unpaired) electrons. The first-order chi connectivity index (χ1) is 14.0. The molecule has 0 fully saturated rings. The summed E-state index contributed by atoms with van der Waals surface area (Å²) in [6, 6.07) is 7.94. The van der Waals surface area contributed by atoms with E-state index in [4.69, 9.17) is 9.47 Å². The van der Waals surface area contributed by atoms with Gasteiger partial charge in [0.25, 0.3) is 5.91 Å². The van der Waals surface area contributed by atoms with Crippen LogP contribution in [-0.4, -0.2) is 53.3 Å². The first-order valence-corrected chi connectivity index (χ1v) is 9.56. The van der Waals surface area contributed by atoms with Crippen LogP contribution in [0.2, 0.25) is 0 Å². The number of nitrogens with zero attached hydrogens (tertiary/aromatic N) is 2. The van der Waals surface area contributed by atoms with Crippen molar-refractivity contribution < 1.29 is 19.1 Å². The number of fused-ring (bicyclic) bond motifs is 1. The largest absolute Gasteiger partial charge is 0.460 e. The van der Waals surface area contributed by atoms with E-state index in [9.17, 15) is 9.59 Å². The van der Waals surface area contributed by atoms with Crippen LogP contribution >= 0.6 is 0 Å². The van der Waals surface area contributed by atoms with Crippen LogP contribution < -0.4 is 5.32 Å². The Labute approximate surface area is 169 Å². The second-order valence-corrected chi connectivity index (χ2v) is 6.79. The number of amides is 1. The molecule has 29 heavy (non-hydrogen) atoms. The number of rotatable bonds is 9. The minimum Gasteiger partial charge on any atom is -0.460 e. The van der Waals surface area contributed by atoms with Gasteiger partial charge in [0.15, 0.2) is 0 Å². The predicted molar refractivity (Wildman–Crippen MR) is 109 cm³/mol. The van der Waals surface area contributed by atoms with Crippen molar-refractivity contribution in [2.75, 3.05) is 26.9 Å². The lowest BCUT2D eigenvalue weighted by Crippen LogP contribution is -2.26. The first-order valence-electron chi connectivity index (χ1n) is 9.56. The number of carbonyl (C=O) groups is 2. The Morgan fingerprint density at radius 2 is 2.00 bits per heavy atom. The minimum absolute atomic E-state index is 0.170. The summed E-state index contributed by atoms with van der Waals surface area (Å²) >= 11 is 0. The smallest absolute Gasteiger partial charge is 0.340 e. The van der Waals surface area contributed by atoms with Crippen LogP contribution in [0, 0.1) is 13.8 Å². The van der Waals surface area contributed by atoms with Crippen LogP contribution in [0.25, 0.3) is 11.0 Å². The average molecular weight is 398 g/mol. The molecule has 1 aromatic carbocycles. The Hall–Kier alpha value is -3.13. The van der Waals surface area contributed by atoms with Crippen molar-refractivity contribution in [2.45, 2.75) is 26.8 Å². The molecule has 8 heteroatoms. The maximum absolute atomic E-state index is 12.6. The van der Waals surface area contributed by atoms with Crippen LogP contribution in [-0.2, 0) is 16.0 Å². The van der Waals surface area contributed by atoms with Crippen LogP contribution in [0.1, 0.15) is 38.5 Å². The Kier molecular flexibility index (Phi) is 6.66. The molecule has 0 unspecified atom stereocenters. The zero-order chi connectivity index (χ0) is 20.8. The summed E-state index contributed by atoms with van der Waals surface area (Å²) in [5.41, 5.74) is 4.01. The standard InChI is InChI=1S/C21H26N4O4/c1-14-18(21(27)29-12-11-28-3)15(2)24-19(14)20(26)22-9-6-10-25-13-23-16-7-4-5-8-17(16)25/h4-5,7-8,13,24H,6,9-12H2,1-3H3,(H,22,26). The number of carbonyl (C=O) groups excluding carboxylic acids is 2.